The molecule has 0 aliphatic rings. The summed E-state index contributed by atoms with van der Waals surface area (Å²) in [6.07, 6.45) is 3.57. The molecule has 5 heteroatoms. The van der Waals surface area contributed by atoms with E-state index in [1.807, 2.05) is 31.5 Å². The highest BCUT2D eigenvalue weighted by molar-refractivity contribution is 5.85. The Kier molecular flexibility index (Phi) is 3.02. The van der Waals surface area contributed by atoms with Gasteiger partial charge in [-0.15, -0.1) is 0 Å². The minimum atomic E-state index is -0.224. The smallest absolute Gasteiger partial charge is 0.154 e. The Morgan fingerprint density at radius 2 is 2.18 bits per heavy atom. The molecule has 2 rings (SSSR count). The molecular formula is C12H18N4O. The second-order valence-corrected chi connectivity index (χ2v) is 4.70. The number of hydrogen-bond donors (Lipinski definition) is 1. The van der Waals surface area contributed by atoms with Gasteiger partial charge in [-0.2, -0.15) is 0 Å². The van der Waals surface area contributed by atoms with E-state index in [0.29, 0.717) is 6.54 Å². The van der Waals surface area contributed by atoms with E-state index in [4.69, 9.17) is 4.74 Å². The van der Waals surface area contributed by atoms with Crippen LogP contribution in [0.4, 0.5) is 5.82 Å². The summed E-state index contributed by atoms with van der Waals surface area (Å²) < 4.78 is 7.34. The molecule has 5 nitrogen and oxygen atoms in total. The first-order valence-electron chi connectivity index (χ1n) is 5.58. The van der Waals surface area contributed by atoms with E-state index in [-0.39, 0.29) is 5.60 Å². The lowest BCUT2D eigenvalue weighted by Gasteiger charge is -2.23. The highest BCUT2D eigenvalue weighted by Crippen LogP contribution is 2.19. The Balaban J connectivity index is 2.25. The van der Waals surface area contributed by atoms with Crippen LogP contribution in [0.1, 0.15) is 13.8 Å². The Morgan fingerprint density at radius 3 is 2.88 bits per heavy atom. The third-order valence-electron chi connectivity index (χ3n) is 2.88. The van der Waals surface area contributed by atoms with Gasteiger partial charge in [-0.3, -0.25) is 0 Å². The number of fused-ring (bicyclic) bond motifs is 1. The number of hydrogen-bond acceptors (Lipinski definition) is 4. The van der Waals surface area contributed by atoms with Crippen LogP contribution in [0.5, 0.6) is 0 Å². The maximum atomic E-state index is 5.36. The highest BCUT2D eigenvalue weighted by atomic mass is 16.5. The number of nitrogens with one attached hydrogen (secondary N) is 1. The van der Waals surface area contributed by atoms with Crippen molar-refractivity contribution in [2.45, 2.75) is 19.4 Å². The summed E-state index contributed by atoms with van der Waals surface area (Å²) in [5, 5.41) is 3.28. The molecule has 0 aliphatic heterocycles. The highest BCUT2D eigenvalue weighted by Gasteiger charge is 2.17. The van der Waals surface area contributed by atoms with Crippen molar-refractivity contribution in [1.82, 2.24) is 14.5 Å². The first-order valence-corrected chi connectivity index (χ1v) is 5.58. The Bertz CT molecular complexity index is 518. The lowest BCUT2D eigenvalue weighted by atomic mass is 10.1. The standard InChI is InChI=1S/C12H18N4O/c1-12(2,17-4)7-14-11-10-9(5-6-13-11)16(3)8-15-10/h5-6,8H,7H2,1-4H3,(H,13,14). The van der Waals surface area contributed by atoms with Crippen LogP contribution in [0.2, 0.25) is 0 Å². The molecule has 1 N–H and O–H groups in total. The van der Waals surface area contributed by atoms with Gasteiger partial charge in [-0.1, -0.05) is 0 Å². The van der Waals surface area contributed by atoms with Crippen LogP contribution in [0, 0.1) is 0 Å². The van der Waals surface area contributed by atoms with Crippen LogP contribution in [-0.2, 0) is 11.8 Å². The Morgan fingerprint density at radius 1 is 1.41 bits per heavy atom. The number of imidazole rings is 1. The van der Waals surface area contributed by atoms with E-state index < -0.39 is 0 Å². The van der Waals surface area contributed by atoms with Crippen molar-refractivity contribution in [3.8, 4) is 0 Å². The van der Waals surface area contributed by atoms with Gasteiger partial charge in [-0.25, -0.2) is 9.97 Å². The normalized spacial score (nSPS) is 12.0. The molecule has 17 heavy (non-hydrogen) atoms. The molecule has 0 fully saturated rings. The van der Waals surface area contributed by atoms with E-state index in [0.717, 1.165) is 16.9 Å². The van der Waals surface area contributed by atoms with Crippen molar-refractivity contribution in [2.24, 2.45) is 7.05 Å². The van der Waals surface area contributed by atoms with Crippen molar-refractivity contribution in [1.29, 1.82) is 0 Å². The lowest BCUT2D eigenvalue weighted by Crippen LogP contribution is -2.32. The van der Waals surface area contributed by atoms with Crippen LogP contribution in [0.15, 0.2) is 18.6 Å². The molecule has 0 amide bonds. The number of aromatic nitrogens is 3. The van der Waals surface area contributed by atoms with Crippen LogP contribution in [0.3, 0.4) is 0 Å². The van der Waals surface area contributed by atoms with Gasteiger partial charge >= 0.3 is 0 Å². The molecule has 0 saturated heterocycles. The summed E-state index contributed by atoms with van der Waals surface area (Å²) in [5.41, 5.74) is 1.73. The maximum absolute atomic E-state index is 5.36. The number of anilines is 1. The summed E-state index contributed by atoms with van der Waals surface area (Å²) in [7, 11) is 3.68. The molecule has 2 aromatic heterocycles. The Hall–Kier alpha value is -1.62. The summed E-state index contributed by atoms with van der Waals surface area (Å²) in [6.45, 7) is 4.74. The van der Waals surface area contributed by atoms with Gasteiger partial charge in [0.1, 0.15) is 5.52 Å². The van der Waals surface area contributed by atoms with E-state index in [2.05, 4.69) is 15.3 Å². The molecule has 0 aliphatic carbocycles. The SMILES string of the molecule is COC(C)(C)CNc1nccc2c1ncn2C. The van der Waals surface area contributed by atoms with Gasteiger partial charge in [0.2, 0.25) is 0 Å². The minimum absolute atomic E-state index is 0.224. The number of aryl methyl sites for hydroxylation is 1. The van der Waals surface area contributed by atoms with E-state index in [1.165, 1.54) is 0 Å². The fourth-order valence-corrected chi connectivity index (χ4v) is 1.56. The summed E-state index contributed by atoms with van der Waals surface area (Å²) in [6, 6.07) is 1.95. The molecule has 2 heterocycles. The molecule has 0 aromatic carbocycles. The van der Waals surface area contributed by atoms with Gasteiger partial charge in [-0.05, 0) is 19.9 Å². The average Bonchev–Trinajstić information content (AvgIpc) is 2.70. The molecule has 0 spiro atoms. The van der Waals surface area contributed by atoms with Crippen molar-refractivity contribution in [2.75, 3.05) is 19.0 Å². The first-order chi connectivity index (χ1) is 8.03. The van der Waals surface area contributed by atoms with Crippen LogP contribution >= 0.6 is 0 Å². The van der Waals surface area contributed by atoms with Gasteiger partial charge in [0.25, 0.3) is 0 Å². The molecule has 0 radical (unpaired) electrons. The zero-order chi connectivity index (χ0) is 12.5. The molecular weight excluding hydrogens is 216 g/mol. The van der Waals surface area contributed by atoms with Crippen molar-refractivity contribution in [3.05, 3.63) is 18.6 Å². The van der Waals surface area contributed by atoms with Gasteiger partial charge in [0, 0.05) is 26.9 Å². The van der Waals surface area contributed by atoms with Crippen molar-refractivity contribution >= 4 is 16.9 Å². The molecule has 0 atom stereocenters. The summed E-state index contributed by atoms with van der Waals surface area (Å²) >= 11 is 0. The molecule has 92 valence electrons. The molecule has 0 saturated carbocycles. The Labute approximate surface area is 101 Å². The minimum Gasteiger partial charge on any atom is -0.377 e. The van der Waals surface area contributed by atoms with Gasteiger partial charge in [0.15, 0.2) is 5.82 Å². The quantitative estimate of drug-likeness (QED) is 0.876. The lowest BCUT2D eigenvalue weighted by molar-refractivity contribution is 0.0343. The topological polar surface area (TPSA) is 52.0 Å². The number of nitrogens with zero attached hydrogens (tertiary/aromatic N) is 3. The van der Waals surface area contributed by atoms with Crippen molar-refractivity contribution < 1.29 is 4.74 Å². The number of rotatable bonds is 4. The maximum Gasteiger partial charge on any atom is 0.154 e. The van der Waals surface area contributed by atoms with E-state index >= 15 is 0 Å². The average molecular weight is 234 g/mol. The van der Waals surface area contributed by atoms with Crippen LogP contribution in [-0.4, -0.2) is 33.8 Å². The van der Waals surface area contributed by atoms with Gasteiger partial charge in [0.05, 0.1) is 17.4 Å². The number of methoxy groups -OCH3 is 1. The fraction of sp³-hybridized carbons (Fsp3) is 0.500. The molecule has 0 unspecified atom stereocenters. The zero-order valence-electron chi connectivity index (χ0n) is 10.7. The monoisotopic (exact) mass is 234 g/mol. The number of pyridine rings is 1. The number of ether oxygens (including phenoxy) is 1. The zero-order valence-corrected chi connectivity index (χ0v) is 10.7. The summed E-state index contributed by atoms with van der Waals surface area (Å²) in [5.74, 6) is 0.799. The third-order valence-corrected chi connectivity index (χ3v) is 2.88. The molecule has 0 bridgehead atoms. The van der Waals surface area contributed by atoms with Crippen LogP contribution < -0.4 is 5.32 Å². The first kappa shape index (κ1) is 11.9. The van der Waals surface area contributed by atoms with E-state index in [1.54, 1.807) is 19.6 Å². The molecule has 2 aromatic rings. The van der Waals surface area contributed by atoms with Crippen molar-refractivity contribution in [3.63, 3.8) is 0 Å². The second-order valence-electron chi connectivity index (χ2n) is 4.70. The summed E-state index contributed by atoms with van der Waals surface area (Å²) in [4.78, 5) is 8.66. The largest absolute Gasteiger partial charge is 0.377 e. The third kappa shape index (κ3) is 2.39. The van der Waals surface area contributed by atoms with Crippen LogP contribution in [0.25, 0.3) is 11.0 Å². The van der Waals surface area contributed by atoms with Gasteiger partial charge < -0.3 is 14.6 Å². The predicted octanol–water partition coefficient (Wildman–Crippen LogP) is 1.81. The fourth-order valence-electron chi connectivity index (χ4n) is 1.56. The second kappa shape index (κ2) is 4.33. The predicted molar refractivity (Wildman–Crippen MR) is 68.1 cm³/mol. The van der Waals surface area contributed by atoms with E-state index in [9.17, 15) is 0 Å².